The summed E-state index contributed by atoms with van der Waals surface area (Å²) in [7, 11) is 0. The van der Waals surface area contributed by atoms with E-state index in [1.54, 1.807) is 29.0 Å². The topological polar surface area (TPSA) is 97.6 Å². The number of halogens is 3. The maximum atomic E-state index is 12.4. The first-order valence-electron chi connectivity index (χ1n) is 9.57. The summed E-state index contributed by atoms with van der Waals surface area (Å²) < 4.78 is 42.6. The van der Waals surface area contributed by atoms with Crippen LogP contribution in [-0.4, -0.2) is 39.4 Å². The molecule has 11 heteroatoms. The smallest absolute Gasteiger partial charge is 0.406 e. The van der Waals surface area contributed by atoms with Crippen molar-refractivity contribution in [3.05, 3.63) is 59.5 Å². The molecule has 1 aliphatic heterocycles. The van der Waals surface area contributed by atoms with Gasteiger partial charge in [0.2, 0.25) is 5.91 Å². The van der Waals surface area contributed by atoms with E-state index in [9.17, 15) is 22.8 Å². The number of ether oxygens (including phenoxy) is 1. The van der Waals surface area contributed by atoms with Crippen molar-refractivity contribution in [3.63, 3.8) is 0 Å². The van der Waals surface area contributed by atoms with Gasteiger partial charge in [-0.15, -0.1) is 13.2 Å². The molecule has 2 aromatic heterocycles. The van der Waals surface area contributed by atoms with Crippen LogP contribution in [-0.2, 0) is 4.79 Å². The number of aromatic nitrogens is 3. The fraction of sp³-hybridized carbons (Fsp3) is 0.300. The fourth-order valence-electron chi connectivity index (χ4n) is 4.00. The van der Waals surface area contributed by atoms with Gasteiger partial charge in [-0.2, -0.15) is 5.10 Å². The molecule has 1 saturated heterocycles. The Kier molecular flexibility index (Phi) is 4.34. The molecule has 31 heavy (non-hydrogen) atoms. The Morgan fingerprint density at radius 3 is 2.61 bits per heavy atom. The molecule has 3 atom stereocenters. The number of nitrogens with one attached hydrogen (secondary N) is 2. The zero-order chi connectivity index (χ0) is 21.8. The highest BCUT2D eigenvalue weighted by atomic mass is 19.4. The van der Waals surface area contributed by atoms with Crippen molar-refractivity contribution in [2.75, 3.05) is 6.54 Å². The molecule has 1 aliphatic carbocycles. The summed E-state index contributed by atoms with van der Waals surface area (Å²) >= 11 is 0. The monoisotopic (exact) mass is 431 g/mol. The molecule has 3 amide bonds. The number of amides is 3. The average molecular weight is 431 g/mol. The third kappa shape index (κ3) is 3.78. The molecule has 0 spiro atoms. The maximum Gasteiger partial charge on any atom is 0.573 e. The van der Waals surface area contributed by atoms with Gasteiger partial charge in [0, 0.05) is 24.5 Å². The number of hydrogen-bond donors (Lipinski definition) is 2. The molecule has 5 rings (SSSR count). The lowest BCUT2D eigenvalue weighted by Gasteiger charge is -2.22. The summed E-state index contributed by atoms with van der Waals surface area (Å²) in [6, 6.07) is 7.15. The van der Waals surface area contributed by atoms with E-state index in [0.29, 0.717) is 11.3 Å². The highest BCUT2D eigenvalue weighted by Gasteiger charge is 2.42. The van der Waals surface area contributed by atoms with Crippen LogP contribution in [0.4, 0.5) is 18.0 Å². The van der Waals surface area contributed by atoms with Gasteiger partial charge in [-0.1, -0.05) is 12.1 Å². The SMILES string of the molecule is O=C1NCC(c2cc([C@H]3C[C@@H]3c3ccc(OC(F)(F)F)cc3)c3nccn3n2)C(=O)N1. The number of carbonyl (C=O) groups excluding carboxylic acids is 2. The van der Waals surface area contributed by atoms with Crippen LogP contribution in [0.5, 0.6) is 5.75 Å². The Labute approximate surface area is 173 Å². The second kappa shape index (κ2) is 6.96. The van der Waals surface area contributed by atoms with Crippen molar-refractivity contribution in [1.82, 2.24) is 25.2 Å². The van der Waals surface area contributed by atoms with E-state index in [0.717, 1.165) is 17.5 Å². The zero-order valence-electron chi connectivity index (χ0n) is 15.9. The quantitative estimate of drug-likeness (QED) is 0.662. The van der Waals surface area contributed by atoms with E-state index >= 15 is 0 Å². The van der Waals surface area contributed by atoms with Crippen LogP contribution in [0.2, 0.25) is 0 Å². The standard InChI is InChI=1S/C20H16F3N5O3/c21-20(22,23)31-11-3-1-10(2-4-11)12-7-13(12)14-8-16(27-28-6-5-24-17(14)28)15-9-25-19(30)26-18(15)29/h1-6,8,12-13,15H,7,9H2,(H2,25,26,29,30)/t12-,13+,15?/m1/s1. The lowest BCUT2D eigenvalue weighted by Crippen LogP contribution is -2.51. The third-order valence-electron chi connectivity index (χ3n) is 5.52. The summed E-state index contributed by atoms with van der Waals surface area (Å²) in [5, 5.41) is 9.31. The molecule has 3 aromatic rings. The normalized spacial score (nSPS) is 23.4. The molecule has 1 unspecified atom stereocenters. The first-order valence-corrected chi connectivity index (χ1v) is 9.57. The number of rotatable bonds is 4. The molecule has 8 nitrogen and oxygen atoms in total. The molecular formula is C20H16F3N5O3. The Bertz CT molecular complexity index is 1180. The van der Waals surface area contributed by atoms with E-state index in [4.69, 9.17) is 0 Å². The number of benzene rings is 1. The first kappa shape index (κ1) is 19.3. The minimum atomic E-state index is -4.73. The zero-order valence-corrected chi connectivity index (χ0v) is 15.9. The van der Waals surface area contributed by atoms with E-state index < -0.39 is 24.2 Å². The van der Waals surface area contributed by atoms with Gasteiger partial charge in [-0.05, 0) is 42.0 Å². The molecule has 0 bridgehead atoms. The van der Waals surface area contributed by atoms with Crippen LogP contribution >= 0.6 is 0 Å². The van der Waals surface area contributed by atoms with Gasteiger partial charge in [0.25, 0.3) is 0 Å². The third-order valence-corrected chi connectivity index (χ3v) is 5.52. The van der Waals surface area contributed by atoms with Crippen molar-refractivity contribution < 1.29 is 27.5 Å². The van der Waals surface area contributed by atoms with Crippen LogP contribution in [0.1, 0.15) is 41.0 Å². The molecule has 2 fully saturated rings. The Morgan fingerprint density at radius 2 is 1.90 bits per heavy atom. The van der Waals surface area contributed by atoms with E-state index in [2.05, 4.69) is 25.5 Å². The first-order chi connectivity index (χ1) is 14.8. The van der Waals surface area contributed by atoms with Gasteiger partial charge in [-0.3, -0.25) is 10.1 Å². The van der Waals surface area contributed by atoms with Crippen LogP contribution in [0.25, 0.3) is 5.65 Å². The molecule has 1 saturated carbocycles. The molecule has 0 radical (unpaired) electrons. The number of nitrogens with zero attached hydrogens (tertiary/aromatic N) is 3. The van der Waals surface area contributed by atoms with E-state index in [1.165, 1.54) is 12.1 Å². The number of imidazole rings is 1. The number of urea groups is 1. The van der Waals surface area contributed by atoms with E-state index in [1.807, 2.05) is 6.07 Å². The van der Waals surface area contributed by atoms with Crippen molar-refractivity contribution in [3.8, 4) is 5.75 Å². The predicted molar refractivity (Wildman–Crippen MR) is 100 cm³/mol. The van der Waals surface area contributed by atoms with Crippen molar-refractivity contribution >= 4 is 17.6 Å². The number of imide groups is 1. The van der Waals surface area contributed by atoms with Crippen LogP contribution in [0.3, 0.4) is 0 Å². The summed E-state index contributed by atoms with van der Waals surface area (Å²) in [4.78, 5) is 28.0. The largest absolute Gasteiger partial charge is 0.573 e. The minimum Gasteiger partial charge on any atom is -0.406 e. The highest BCUT2D eigenvalue weighted by molar-refractivity contribution is 6.00. The van der Waals surface area contributed by atoms with E-state index in [-0.39, 0.29) is 24.1 Å². The van der Waals surface area contributed by atoms with Crippen LogP contribution in [0.15, 0.2) is 42.7 Å². The van der Waals surface area contributed by atoms with Crippen molar-refractivity contribution in [1.29, 1.82) is 0 Å². The molecule has 3 heterocycles. The van der Waals surface area contributed by atoms with Crippen LogP contribution in [0, 0.1) is 0 Å². The molecule has 2 N–H and O–H groups in total. The molecule has 160 valence electrons. The lowest BCUT2D eigenvalue weighted by atomic mass is 9.99. The number of alkyl halides is 3. The Morgan fingerprint density at radius 1 is 1.13 bits per heavy atom. The number of hydrogen-bond acceptors (Lipinski definition) is 5. The van der Waals surface area contributed by atoms with Crippen molar-refractivity contribution in [2.24, 2.45) is 0 Å². The molecular weight excluding hydrogens is 415 g/mol. The Balaban J connectivity index is 1.41. The maximum absolute atomic E-state index is 12.4. The fourth-order valence-corrected chi connectivity index (χ4v) is 4.00. The van der Waals surface area contributed by atoms with Gasteiger partial charge in [0.05, 0.1) is 11.6 Å². The summed E-state index contributed by atoms with van der Waals surface area (Å²) in [6.07, 6.45) is -0.644. The summed E-state index contributed by atoms with van der Waals surface area (Å²) in [6.45, 7) is 0.145. The summed E-state index contributed by atoms with van der Waals surface area (Å²) in [5.74, 6) is -1.12. The van der Waals surface area contributed by atoms with Gasteiger partial charge < -0.3 is 10.1 Å². The van der Waals surface area contributed by atoms with Crippen molar-refractivity contribution in [2.45, 2.75) is 30.5 Å². The lowest BCUT2D eigenvalue weighted by molar-refractivity contribution is -0.274. The molecule has 2 aliphatic rings. The van der Waals surface area contributed by atoms with Gasteiger partial charge in [0.1, 0.15) is 5.75 Å². The highest BCUT2D eigenvalue weighted by Crippen LogP contribution is 2.55. The predicted octanol–water partition coefficient (Wildman–Crippen LogP) is 2.82. The summed E-state index contributed by atoms with van der Waals surface area (Å²) in [5.41, 5.74) is 2.97. The number of fused-ring (bicyclic) bond motifs is 1. The second-order valence-corrected chi connectivity index (χ2v) is 7.54. The average Bonchev–Trinajstić information content (AvgIpc) is 3.35. The van der Waals surface area contributed by atoms with Gasteiger partial charge >= 0.3 is 12.4 Å². The number of carbonyl (C=O) groups is 2. The molecule has 1 aromatic carbocycles. The Hall–Kier alpha value is -3.63. The second-order valence-electron chi connectivity index (χ2n) is 7.54. The van der Waals surface area contributed by atoms with Crippen LogP contribution < -0.4 is 15.4 Å². The minimum absolute atomic E-state index is 0.0854. The van der Waals surface area contributed by atoms with Gasteiger partial charge in [-0.25, -0.2) is 14.3 Å². The van der Waals surface area contributed by atoms with Gasteiger partial charge in [0.15, 0.2) is 5.65 Å².